The molecule has 0 spiro atoms. The molecule has 3 aromatic carbocycles. The van der Waals surface area contributed by atoms with Gasteiger partial charge in [0.2, 0.25) is 17.7 Å². The van der Waals surface area contributed by atoms with Crippen molar-refractivity contribution in [2.45, 2.75) is 20.5 Å². The van der Waals surface area contributed by atoms with Crippen molar-refractivity contribution < 1.29 is 24.0 Å². The summed E-state index contributed by atoms with van der Waals surface area (Å²) < 4.78 is 6.07. The number of hydroxylamine groups is 1. The molecule has 0 atom stereocenters. The number of aromatic nitrogens is 1. The van der Waals surface area contributed by atoms with Crippen LogP contribution in [0.5, 0.6) is 5.75 Å². The molecule has 222 valence electrons. The number of aryl methyl sites for hydroxylation is 1. The average molecular weight is 622 g/mol. The van der Waals surface area contributed by atoms with E-state index in [9.17, 15) is 14.4 Å². The van der Waals surface area contributed by atoms with E-state index in [4.69, 9.17) is 32.8 Å². The van der Waals surface area contributed by atoms with Crippen LogP contribution in [0.25, 0.3) is 17.0 Å². The number of carbonyl (C=O) groups excluding carboxylic acids is 3. The lowest BCUT2D eigenvalue weighted by atomic mass is 10.1. The average Bonchev–Trinajstić information content (AvgIpc) is 2.99. The number of rotatable bonds is 10. The quantitative estimate of drug-likeness (QED) is 0.169. The van der Waals surface area contributed by atoms with Gasteiger partial charge in [-0.1, -0.05) is 53.5 Å². The number of carbonyl (C=O) groups is 3. The minimum Gasteiger partial charge on any atom is -0.487 e. The van der Waals surface area contributed by atoms with E-state index < -0.39 is 5.91 Å². The summed E-state index contributed by atoms with van der Waals surface area (Å²) in [6.07, 6.45) is 2.91. The second-order valence-corrected chi connectivity index (χ2v) is 10.3. The fourth-order valence-corrected chi connectivity index (χ4v) is 4.85. The first-order valence-electron chi connectivity index (χ1n) is 13.2. The minimum atomic E-state index is -0.455. The Morgan fingerprint density at radius 2 is 1.74 bits per heavy atom. The summed E-state index contributed by atoms with van der Waals surface area (Å²) in [5.41, 5.74) is 3.80. The van der Waals surface area contributed by atoms with Crippen LogP contribution in [-0.2, 0) is 25.8 Å². The number of nitrogens with zero attached hydrogens (tertiary/aromatic N) is 3. The topological polar surface area (TPSA) is 101 Å². The van der Waals surface area contributed by atoms with Crippen molar-refractivity contribution in [3.63, 3.8) is 0 Å². The third kappa shape index (κ3) is 7.70. The lowest BCUT2D eigenvalue weighted by Gasteiger charge is -2.21. The first-order valence-corrected chi connectivity index (χ1v) is 14.0. The van der Waals surface area contributed by atoms with Crippen molar-refractivity contribution in [2.24, 2.45) is 0 Å². The smallest absolute Gasteiger partial charge is 0.247 e. The minimum absolute atomic E-state index is 0.0586. The Labute approximate surface area is 259 Å². The molecule has 0 unspecified atom stereocenters. The molecule has 0 aliphatic heterocycles. The van der Waals surface area contributed by atoms with Crippen LogP contribution in [0.2, 0.25) is 10.0 Å². The van der Waals surface area contributed by atoms with Crippen LogP contribution in [0, 0.1) is 6.92 Å². The molecule has 43 heavy (non-hydrogen) atoms. The van der Waals surface area contributed by atoms with Gasteiger partial charge >= 0.3 is 0 Å². The molecule has 1 N–H and O–H groups in total. The zero-order chi connectivity index (χ0) is 31.1. The van der Waals surface area contributed by atoms with Gasteiger partial charge in [-0.3, -0.25) is 19.2 Å². The lowest BCUT2D eigenvalue weighted by molar-refractivity contribution is -0.122. The maximum atomic E-state index is 12.9. The second-order valence-electron chi connectivity index (χ2n) is 9.52. The number of para-hydroxylation sites is 1. The normalized spacial score (nSPS) is 11.0. The highest BCUT2D eigenvalue weighted by Crippen LogP contribution is 2.35. The molecule has 0 aliphatic rings. The van der Waals surface area contributed by atoms with E-state index in [2.05, 4.69) is 10.3 Å². The molecule has 0 saturated heterocycles. The molecule has 3 amide bonds. The summed E-state index contributed by atoms with van der Waals surface area (Å²) in [6.45, 7) is 3.10. The number of ether oxygens (including phenoxy) is 1. The molecule has 4 rings (SSSR count). The van der Waals surface area contributed by atoms with Gasteiger partial charge < -0.3 is 15.0 Å². The number of anilines is 2. The van der Waals surface area contributed by atoms with Crippen LogP contribution in [-0.4, -0.2) is 43.4 Å². The third-order valence-corrected chi connectivity index (χ3v) is 7.31. The van der Waals surface area contributed by atoms with E-state index in [0.717, 1.165) is 27.2 Å². The van der Waals surface area contributed by atoms with E-state index in [0.29, 0.717) is 27.7 Å². The van der Waals surface area contributed by atoms with Gasteiger partial charge in [0.15, 0.2) is 0 Å². The summed E-state index contributed by atoms with van der Waals surface area (Å²) in [6, 6.07) is 19.7. The molecule has 0 fully saturated rings. The molecule has 11 heteroatoms. The van der Waals surface area contributed by atoms with Crippen LogP contribution in [0.1, 0.15) is 23.7 Å². The van der Waals surface area contributed by atoms with Crippen LogP contribution < -0.4 is 20.0 Å². The van der Waals surface area contributed by atoms with E-state index in [-0.39, 0.29) is 30.0 Å². The fraction of sp³-hybridized carbons (Fsp3) is 0.188. The van der Waals surface area contributed by atoms with Gasteiger partial charge in [-0.15, -0.1) is 0 Å². The van der Waals surface area contributed by atoms with Crippen LogP contribution in [0.15, 0.2) is 72.8 Å². The zero-order valence-electron chi connectivity index (χ0n) is 24.1. The Morgan fingerprint density at radius 3 is 2.44 bits per heavy atom. The van der Waals surface area contributed by atoms with Crippen molar-refractivity contribution in [3.05, 3.63) is 99.7 Å². The van der Waals surface area contributed by atoms with Crippen molar-refractivity contribution in [3.8, 4) is 5.75 Å². The number of hydrogen-bond donors (Lipinski definition) is 1. The number of hydrogen-bond acceptors (Lipinski definition) is 6. The Kier molecular flexibility index (Phi) is 10.4. The number of pyridine rings is 1. The Morgan fingerprint density at radius 1 is 1.00 bits per heavy atom. The summed E-state index contributed by atoms with van der Waals surface area (Å²) in [7, 11) is 2.96. The second kappa shape index (κ2) is 14.2. The van der Waals surface area contributed by atoms with E-state index in [1.807, 2.05) is 37.3 Å². The SMILES string of the molecule is CON(C(C)=O)c1ccc(C=CC(=O)NCC(=O)N(C)c2ccc(Cl)c(COc3cccc4ccc(C)nc34)c2Cl)cc1. The molecular weight excluding hydrogens is 591 g/mol. The molecular formula is C32H30Cl2N4O5. The monoisotopic (exact) mass is 620 g/mol. The van der Waals surface area contributed by atoms with Gasteiger partial charge in [0, 0.05) is 41.7 Å². The highest BCUT2D eigenvalue weighted by molar-refractivity contribution is 6.38. The van der Waals surface area contributed by atoms with Crippen LogP contribution in [0.3, 0.4) is 0 Å². The highest BCUT2D eigenvalue weighted by Gasteiger charge is 2.19. The number of fused-ring (bicyclic) bond motifs is 1. The summed E-state index contributed by atoms with van der Waals surface area (Å²) in [4.78, 5) is 47.9. The molecule has 0 aliphatic carbocycles. The van der Waals surface area contributed by atoms with Gasteiger partial charge in [0.1, 0.15) is 17.9 Å². The summed E-state index contributed by atoms with van der Waals surface area (Å²) >= 11 is 13.2. The van der Waals surface area contributed by atoms with Gasteiger partial charge in [-0.25, -0.2) is 4.98 Å². The maximum Gasteiger partial charge on any atom is 0.247 e. The molecule has 4 aromatic rings. The Balaban J connectivity index is 1.38. The molecule has 0 saturated carbocycles. The van der Waals surface area contributed by atoms with Crippen LogP contribution in [0.4, 0.5) is 11.4 Å². The number of likely N-dealkylation sites (N-methyl/N-ethyl adjacent to an activating group) is 1. The number of halogens is 2. The molecule has 0 radical (unpaired) electrons. The van der Waals surface area contributed by atoms with Crippen molar-refractivity contribution >= 4 is 69.3 Å². The summed E-state index contributed by atoms with van der Waals surface area (Å²) in [5.74, 6) is -0.524. The molecule has 1 aromatic heterocycles. The first-order chi connectivity index (χ1) is 20.6. The number of nitrogens with one attached hydrogen (secondary N) is 1. The van der Waals surface area contributed by atoms with E-state index in [1.165, 1.54) is 25.0 Å². The van der Waals surface area contributed by atoms with Crippen LogP contribution >= 0.6 is 23.2 Å². The van der Waals surface area contributed by atoms with Gasteiger partial charge in [0.25, 0.3) is 0 Å². The number of benzene rings is 3. The maximum absolute atomic E-state index is 12.9. The number of amides is 3. The Bertz CT molecular complexity index is 1690. The van der Waals surface area contributed by atoms with Crippen molar-refractivity contribution in [2.75, 3.05) is 30.7 Å². The van der Waals surface area contributed by atoms with Crippen molar-refractivity contribution in [1.82, 2.24) is 10.3 Å². The Hall–Kier alpha value is -4.44. The molecule has 0 bridgehead atoms. The zero-order valence-corrected chi connectivity index (χ0v) is 25.6. The largest absolute Gasteiger partial charge is 0.487 e. The van der Waals surface area contributed by atoms with Gasteiger partial charge in [-0.2, -0.15) is 5.06 Å². The summed E-state index contributed by atoms with van der Waals surface area (Å²) in [5, 5.41) is 5.32. The standard InChI is InChI=1S/C32H30Cl2N4O5/c1-20-8-12-23-6-5-7-28(32(23)36-20)43-19-25-26(33)15-16-27(31(25)34)37(3)30(41)18-35-29(40)17-11-22-9-13-24(14-10-22)38(42-4)21(2)39/h5-17H,18-19H2,1-4H3,(H,35,40). The fourth-order valence-electron chi connectivity index (χ4n) is 4.24. The van der Waals surface area contributed by atoms with E-state index >= 15 is 0 Å². The first kappa shape index (κ1) is 31.5. The molecule has 1 heterocycles. The van der Waals surface area contributed by atoms with Gasteiger partial charge in [0.05, 0.1) is 30.1 Å². The lowest BCUT2D eigenvalue weighted by Crippen LogP contribution is -2.37. The van der Waals surface area contributed by atoms with E-state index in [1.54, 1.807) is 49.5 Å². The predicted octanol–water partition coefficient (Wildman–Crippen LogP) is 6.14. The van der Waals surface area contributed by atoms with Crippen molar-refractivity contribution in [1.29, 1.82) is 0 Å². The molecule has 9 nitrogen and oxygen atoms in total. The predicted molar refractivity (Wildman–Crippen MR) is 169 cm³/mol. The highest BCUT2D eigenvalue weighted by atomic mass is 35.5. The third-order valence-electron chi connectivity index (χ3n) is 6.53. The van der Waals surface area contributed by atoms with Gasteiger partial charge in [-0.05, 0) is 55.0 Å².